The molecule has 8 heteroatoms. The fourth-order valence-corrected chi connectivity index (χ4v) is 2.91. The molecule has 0 aliphatic rings. The quantitative estimate of drug-likeness (QED) is 0.628. The SMILES string of the molecule is O=C(COc1cccc(Cl)c1)Nc1ccnn1Cc1ccc(Cl)cc1Cl. The predicted octanol–water partition coefficient (Wildman–Crippen LogP) is 4.91. The third kappa shape index (κ3) is 4.91. The van der Waals surface area contributed by atoms with Crippen molar-refractivity contribution < 1.29 is 9.53 Å². The highest BCUT2D eigenvalue weighted by atomic mass is 35.5. The number of benzene rings is 2. The van der Waals surface area contributed by atoms with Gasteiger partial charge in [0.05, 0.1) is 12.7 Å². The van der Waals surface area contributed by atoms with Gasteiger partial charge in [0.15, 0.2) is 6.61 Å². The molecule has 0 aliphatic carbocycles. The Bertz CT molecular complexity index is 928. The number of anilines is 1. The summed E-state index contributed by atoms with van der Waals surface area (Å²) in [6.45, 7) is 0.251. The molecular formula is C18H14Cl3N3O2. The molecule has 1 heterocycles. The number of nitrogens with one attached hydrogen (secondary N) is 1. The lowest BCUT2D eigenvalue weighted by molar-refractivity contribution is -0.118. The van der Waals surface area contributed by atoms with Crippen molar-refractivity contribution in [2.75, 3.05) is 11.9 Å². The minimum atomic E-state index is -0.311. The summed E-state index contributed by atoms with van der Waals surface area (Å²) >= 11 is 18.0. The van der Waals surface area contributed by atoms with Gasteiger partial charge in [0.25, 0.3) is 5.91 Å². The van der Waals surface area contributed by atoms with Crippen molar-refractivity contribution in [3.63, 3.8) is 0 Å². The first-order valence-electron chi connectivity index (χ1n) is 7.65. The summed E-state index contributed by atoms with van der Waals surface area (Å²) in [7, 11) is 0. The average molecular weight is 411 g/mol. The standard InChI is InChI=1S/C18H14Cl3N3O2/c19-13-2-1-3-15(8-13)26-11-18(25)23-17-6-7-22-24(17)10-12-4-5-14(20)9-16(12)21/h1-9H,10-11H2,(H,23,25). The maximum absolute atomic E-state index is 12.1. The highest BCUT2D eigenvalue weighted by Crippen LogP contribution is 2.23. The summed E-state index contributed by atoms with van der Waals surface area (Å²) in [6, 6.07) is 13.8. The molecule has 26 heavy (non-hydrogen) atoms. The highest BCUT2D eigenvalue weighted by Gasteiger charge is 2.10. The van der Waals surface area contributed by atoms with Crippen molar-refractivity contribution in [2.24, 2.45) is 0 Å². The van der Waals surface area contributed by atoms with Gasteiger partial charge in [0, 0.05) is 21.1 Å². The average Bonchev–Trinajstić information content (AvgIpc) is 3.02. The maximum Gasteiger partial charge on any atom is 0.263 e. The Balaban J connectivity index is 1.62. The van der Waals surface area contributed by atoms with Crippen molar-refractivity contribution >= 4 is 46.5 Å². The molecule has 0 saturated carbocycles. The van der Waals surface area contributed by atoms with Crippen LogP contribution in [0.15, 0.2) is 54.7 Å². The monoisotopic (exact) mass is 409 g/mol. The zero-order valence-corrected chi connectivity index (χ0v) is 15.7. The van der Waals surface area contributed by atoms with Crippen LogP contribution in [-0.4, -0.2) is 22.3 Å². The molecule has 2 aromatic carbocycles. The minimum absolute atomic E-state index is 0.146. The van der Waals surface area contributed by atoms with Gasteiger partial charge in [-0.1, -0.05) is 46.9 Å². The molecule has 0 radical (unpaired) electrons. The molecular weight excluding hydrogens is 397 g/mol. The zero-order valence-electron chi connectivity index (χ0n) is 13.5. The number of aromatic nitrogens is 2. The van der Waals surface area contributed by atoms with Gasteiger partial charge in [-0.05, 0) is 35.9 Å². The van der Waals surface area contributed by atoms with Gasteiger partial charge in [0.2, 0.25) is 0 Å². The second-order valence-electron chi connectivity index (χ2n) is 5.40. The van der Waals surface area contributed by atoms with Crippen molar-refractivity contribution in [1.82, 2.24) is 9.78 Å². The number of halogens is 3. The van der Waals surface area contributed by atoms with Crippen LogP contribution in [0.5, 0.6) is 5.75 Å². The van der Waals surface area contributed by atoms with Gasteiger partial charge in [-0.15, -0.1) is 0 Å². The molecule has 0 atom stereocenters. The molecule has 0 saturated heterocycles. The van der Waals surface area contributed by atoms with E-state index >= 15 is 0 Å². The van der Waals surface area contributed by atoms with Gasteiger partial charge in [-0.3, -0.25) is 4.79 Å². The number of hydrogen-bond donors (Lipinski definition) is 1. The van der Waals surface area contributed by atoms with E-state index in [0.717, 1.165) is 5.56 Å². The summed E-state index contributed by atoms with van der Waals surface area (Å²) in [5, 5.41) is 8.61. The normalized spacial score (nSPS) is 10.6. The van der Waals surface area contributed by atoms with E-state index in [1.54, 1.807) is 53.3 Å². The topological polar surface area (TPSA) is 56.1 Å². The molecule has 0 spiro atoms. The van der Waals surface area contributed by atoms with E-state index in [2.05, 4.69) is 10.4 Å². The summed E-state index contributed by atoms with van der Waals surface area (Å²) in [5.41, 5.74) is 0.838. The number of amides is 1. The highest BCUT2D eigenvalue weighted by molar-refractivity contribution is 6.35. The molecule has 1 amide bonds. The molecule has 3 aromatic rings. The Morgan fingerprint density at radius 1 is 1.08 bits per heavy atom. The smallest absolute Gasteiger partial charge is 0.263 e. The van der Waals surface area contributed by atoms with Crippen LogP contribution in [0.4, 0.5) is 5.82 Å². The van der Waals surface area contributed by atoms with Crippen molar-refractivity contribution in [2.45, 2.75) is 6.54 Å². The van der Waals surface area contributed by atoms with Gasteiger partial charge in [0.1, 0.15) is 11.6 Å². The van der Waals surface area contributed by atoms with E-state index < -0.39 is 0 Å². The predicted molar refractivity (Wildman–Crippen MR) is 103 cm³/mol. The number of nitrogens with zero attached hydrogens (tertiary/aromatic N) is 2. The molecule has 5 nitrogen and oxygen atoms in total. The Labute approximate surface area is 165 Å². The Kier molecular flexibility index (Phi) is 6.04. The first-order valence-corrected chi connectivity index (χ1v) is 8.78. The fourth-order valence-electron chi connectivity index (χ4n) is 2.26. The Morgan fingerprint density at radius 3 is 2.65 bits per heavy atom. The maximum atomic E-state index is 12.1. The number of carbonyl (C=O) groups excluding carboxylic acids is 1. The van der Waals surface area contributed by atoms with Crippen LogP contribution >= 0.6 is 34.8 Å². The Hall–Kier alpha value is -2.21. The Morgan fingerprint density at radius 2 is 1.88 bits per heavy atom. The van der Waals surface area contributed by atoms with Crippen LogP contribution in [0.2, 0.25) is 15.1 Å². The molecule has 0 bridgehead atoms. The van der Waals surface area contributed by atoms with E-state index in [4.69, 9.17) is 39.5 Å². The van der Waals surface area contributed by atoms with E-state index in [9.17, 15) is 4.79 Å². The van der Waals surface area contributed by atoms with Gasteiger partial charge in [-0.2, -0.15) is 5.10 Å². The van der Waals surface area contributed by atoms with Gasteiger partial charge >= 0.3 is 0 Å². The molecule has 0 aliphatic heterocycles. The zero-order chi connectivity index (χ0) is 18.5. The third-order valence-corrected chi connectivity index (χ3v) is 4.31. The lowest BCUT2D eigenvalue weighted by atomic mass is 10.2. The molecule has 3 rings (SSSR count). The van der Waals surface area contributed by atoms with E-state index in [1.165, 1.54) is 0 Å². The van der Waals surface area contributed by atoms with Gasteiger partial charge in [-0.25, -0.2) is 4.68 Å². The van der Waals surface area contributed by atoms with Crippen molar-refractivity contribution in [1.29, 1.82) is 0 Å². The number of hydrogen-bond acceptors (Lipinski definition) is 3. The number of carbonyl (C=O) groups is 1. The van der Waals surface area contributed by atoms with Crippen LogP contribution < -0.4 is 10.1 Å². The van der Waals surface area contributed by atoms with Crippen molar-refractivity contribution in [3.8, 4) is 5.75 Å². The van der Waals surface area contributed by atoms with Crippen LogP contribution in [0.1, 0.15) is 5.56 Å². The minimum Gasteiger partial charge on any atom is -0.484 e. The second-order valence-corrected chi connectivity index (χ2v) is 6.68. The first kappa shape index (κ1) is 18.6. The number of ether oxygens (including phenoxy) is 1. The lowest BCUT2D eigenvalue weighted by Gasteiger charge is -2.11. The molecule has 134 valence electrons. The van der Waals surface area contributed by atoms with Gasteiger partial charge < -0.3 is 10.1 Å². The largest absolute Gasteiger partial charge is 0.484 e. The van der Waals surface area contributed by atoms with E-state index in [1.807, 2.05) is 6.07 Å². The summed E-state index contributed by atoms with van der Waals surface area (Å²) < 4.78 is 7.06. The first-order chi connectivity index (χ1) is 12.5. The van der Waals surface area contributed by atoms with E-state index in [-0.39, 0.29) is 12.5 Å². The second kappa shape index (κ2) is 8.45. The van der Waals surface area contributed by atoms with Crippen molar-refractivity contribution in [3.05, 3.63) is 75.4 Å². The van der Waals surface area contributed by atoms with Crippen LogP contribution in [0, 0.1) is 0 Å². The lowest BCUT2D eigenvalue weighted by Crippen LogP contribution is -2.22. The molecule has 1 aromatic heterocycles. The molecule has 1 N–H and O–H groups in total. The summed E-state index contributed by atoms with van der Waals surface area (Å²) in [6.07, 6.45) is 1.59. The fraction of sp³-hybridized carbons (Fsp3) is 0.111. The summed E-state index contributed by atoms with van der Waals surface area (Å²) in [4.78, 5) is 12.1. The molecule has 0 unspecified atom stereocenters. The van der Waals surface area contributed by atoms with Crippen LogP contribution in [-0.2, 0) is 11.3 Å². The number of rotatable bonds is 6. The molecule has 0 fully saturated rings. The van der Waals surface area contributed by atoms with Crippen LogP contribution in [0.25, 0.3) is 0 Å². The van der Waals surface area contributed by atoms with Crippen LogP contribution in [0.3, 0.4) is 0 Å². The van der Waals surface area contributed by atoms with E-state index in [0.29, 0.717) is 33.2 Å². The third-order valence-electron chi connectivity index (χ3n) is 3.49. The summed E-state index contributed by atoms with van der Waals surface area (Å²) in [5.74, 6) is 0.749.